The molecular weight excluding hydrogens is 465 g/mol. The van der Waals surface area contributed by atoms with Gasteiger partial charge in [-0.05, 0) is 29.7 Å². The van der Waals surface area contributed by atoms with Crippen LogP contribution in [0.15, 0.2) is 47.3 Å². The standard InChI is InChI=1S/C23H19Cl2N5O3/c24-15-6-3-7-16(19(15)25)26-21(32)14-10-17(31)27-20-18(14)22(33)29-23(28-20)30-9-8-12-4-1-2-5-13(12)11-30/h1-7,14H,8-11H2,(H,26,32)(H2,27,28,29,31,33)/t14-/m1/s1. The van der Waals surface area contributed by atoms with Crippen molar-refractivity contribution in [2.24, 2.45) is 0 Å². The minimum atomic E-state index is -1.02. The Hall–Kier alpha value is -3.36. The summed E-state index contributed by atoms with van der Waals surface area (Å²) in [6.45, 7) is 1.26. The average Bonchev–Trinajstić information content (AvgIpc) is 2.80. The van der Waals surface area contributed by atoms with Gasteiger partial charge in [-0.3, -0.25) is 19.4 Å². The first-order valence-corrected chi connectivity index (χ1v) is 11.2. The van der Waals surface area contributed by atoms with Crippen LogP contribution in [-0.4, -0.2) is 28.3 Å². The quantitative estimate of drug-likeness (QED) is 0.526. The maximum Gasteiger partial charge on any atom is 0.258 e. The number of nitrogens with zero attached hydrogens (tertiary/aromatic N) is 2. The number of halogens is 2. The fourth-order valence-corrected chi connectivity index (χ4v) is 4.58. The molecule has 2 amide bonds. The third kappa shape index (κ3) is 4.07. The highest BCUT2D eigenvalue weighted by molar-refractivity contribution is 6.44. The van der Waals surface area contributed by atoms with E-state index in [0.717, 1.165) is 12.0 Å². The number of nitrogens with one attached hydrogen (secondary N) is 3. The molecule has 0 radical (unpaired) electrons. The number of carbonyl (C=O) groups is 2. The Bertz CT molecular complexity index is 1340. The van der Waals surface area contributed by atoms with Crippen molar-refractivity contribution in [3.05, 3.63) is 79.6 Å². The summed E-state index contributed by atoms with van der Waals surface area (Å²) in [5, 5.41) is 5.78. The predicted octanol–water partition coefficient (Wildman–Crippen LogP) is 3.70. The summed E-state index contributed by atoms with van der Waals surface area (Å²) in [5.41, 5.74) is 2.37. The molecule has 2 aliphatic heterocycles. The first-order valence-electron chi connectivity index (χ1n) is 10.4. The molecule has 0 unspecified atom stereocenters. The molecule has 3 N–H and O–H groups in total. The summed E-state index contributed by atoms with van der Waals surface area (Å²) in [7, 11) is 0. The van der Waals surface area contributed by atoms with Crippen LogP contribution in [0.4, 0.5) is 17.5 Å². The second-order valence-corrected chi connectivity index (χ2v) is 8.77. The molecule has 3 aromatic rings. The lowest BCUT2D eigenvalue weighted by Crippen LogP contribution is -2.38. The van der Waals surface area contributed by atoms with Crippen LogP contribution in [-0.2, 0) is 22.6 Å². The average molecular weight is 484 g/mol. The van der Waals surface area contributed by atoms with Crippen LogP contribution in [0.5, 0.6) is 0 Å². The molecule has 0 spiro atoms. The highest BCUT2D eigenvalue weighted by atomic mass is 35.5. The monoisotopic (exact) mass is 483 g/mol. The lowest BCUT2D eigenvalue weighted by molar-refractivity contribution is -0.123. The van der Waals surface area contributed by atoms with Gasteiger partial charge in [0.05, 0.1) is 27.2 Å². The van der Waals surface area contributed by atoms with E-state index in [4.69, 9.17) is 23.2 Å². The van der Waals surface area contributed by atoms with Gasteiger partial charge in [0.1, 0.15) is 5.82 Å². The van der Waals surface area contributed by atoms with Crippen LogP contribution in [0.3, 0.4) is 0 Å². The normalized spacial score (nSPS) is 17.1. The van der Waals surface area contributed by atoms with Crippen molar-refractivity contribution in [3.8, 4) is 0 Å². The predicted molar refractivity (Wildman–Crippen MR) is 127 cm³/mol. The Kier molecular flexibility index (Phi) is 5.55. The maximum absolute atomic E-state index is 13.1. The van der Waals surface area contributed by atoms with Crippen LogP contribution in [0.1, 0.15) is 29.0 Å². The Morgan fingerprint density at radius 1 is 1.09 bits per heavy atom. The number of aromatic amines is 1. The summed E-state index contributed by atoms with van der Waals surface area (Å²) in [5.74, 6) is -1.50. The zero-order valence-corrected chi connectivity index (χ0v) is 18.8. The van der Waals surface area contributed by atoms with E-state index in [1.165, 1.54) is 5.56 Å². The van der Waals surface area contributed by atoms with Gasteiger partial charge in [-0.2, -0.15) is 4.98 Å². The molecule has 0 bridgehead atoms. The highest BCUT2D eigenvalue weighted by Gasteiger charge is 2.35. The second kappa shape index (κ2) is 8.53. The van der Waals surface area contributed by atoms with Gasteiger partial charge < -0.3 is 15.5 Å². The number of carbonyl (C=O) groups excluding carboxylic acids is 2. The molecule has 0 saturated heterocycles. The van der Waals surface area contributed by atoms with Gasteiger partial charge in [0.25, 0.3) is 5.56 Å². The summed E-state index contributed by atoms with van der Waals surface area (Å²) in [6, 6.07) is 12.9. The highest BCUT2D eigenvalue weighted by Crippen LogP contribution is 2.34. The minimum absolute atomic E-state index is 0.0983. The van der Waals surface area contributed by atoms with E-state index in [-0.39, 0.29) is 27.8 Å². The number of hydrogen-bond donors (Lipinski definition) is 3. The molecule has 1 aromatic heterocycles. The molecule has 2 aliphatic rings. The van der Waals surface area contributed by atoms with E-state index in [1.807, 2.05) is 23.1 Å². The number of amides is 2. The molecular formula is C23H19Cl2N5O3. The van der Waals surface area contributed by atoms with Gasteiger partial charge in [-0.15, -0.1) is 0 Å². The van der Waals surface area contributed by atoms with Gasteiger partial charge in [0.15, 0.2) is 0 Å². The van der Waals surface area contributed by atoms with Gasteiger partial charge in [0.2, 0.25) is 17.8 Å². The van der Waals surface area contributed by atoms with Gasteiger partial charge in [-0.25, -0.2) is 0 Å². The van der Waals surface area contributed by atoms with E-state index in [1.54, 1.807) is 18.2 Å². The second-order valence-electron chi connectivity index (χ2n) is 7.99. The Balaban J connectivity index is 1.46. The lowest BCUT2D eigenvalue weighted by atomic mass is 9.92. The Morgan fingerprint density at radius 2 is 1.88 bits per heavy atom. The van der Waals surface area contributed by atoms with Gasteiger partial charge in [-0.1, -0.05) is 53.5 Å². The van der Waals surface area contributed by atoms with Crippen molar-refractivity contribution in [3.63, 3.8) is 0 Å². The summed E-state index contributed by atoms with van der Waals surface area (Å²) < 4.78 is 0. The lowest BCUT2D eigenvalue weighted by Gasteiger charge is -2.30. The van der Waals surface area contributed by atoms with Crippen molar-refractivity contribution < 1.29 is 9.59 Å². The van der Waals surface area contributed by atoms with Crippen molar-refractivity contribution in [1.82, 2.24) is 9.97 Å². The van der Waals surface area contributed by atoms with E-state index in [0.29, 0.717) is 24.7 Å². The Labute approximate surface area is 198 Å². The van der Waals surface area contributed by atoms with Crippen LogP contribution < -0.4 is 21.1 Å². The third-order valence-electron chi connectivity index (χ3n) is 5.89. The van der Waals surface area contributed by atoms with Crippen molar-refractivity contribution in [2.75, 3.05) is 22.1 Å². The van der Waals surface area contributed by atoms with E-state index >= 15 is 0 Å². The largest absolute Gasteiger partial charge is 0.338 e. The fraction of sp³-hybridized carbons (Fsp3) is 0.217. The number of anilines is 3. The fourth-order valence-electron chi connectivity index (χ4n) is 4.23. The molecule has 5 rings (SSSR count). The van der Waals surface area contributed by atoms with Crippen LogP contribution >= 0.6 is 23.2 Å². The van der Waals surface area contributed by atoms with Crippen LogP contribution in [0.25, 0.3) is 0 Å². The molecule has 168 valence electrons. The summed E-state index contributed by atoms with van der Waals surface area (Å²) in [6.07, 6.45) is 0.632. The summed E-state index contributed by atoms with van der Waals surface area (Å²) >= 11 is 12.2. The SMILES string of the molecule is O=C1C[C@@H](C(=O)Nc2cccc(Cl)c2Cl)c2c(nc(N3CCc4ccccc4C3)[nH]c2=O)N1. The molecule has 8 nitrogen and oxygen atoms in total. The number of fused-ring (bicyclic) bond motifs is 2. The molecule has 10 heteroatoms. The first kappa shape index (κ1) is 21.5. The maximum atomic E-state index is 13.1. The number of H-pyrrole nitrogens is 1. The number of benzene rings is 2. The number of rotatable bonds is 3. The first-order chi connectivity index (χ1) is 15.9. The molecule has 0 saturated carbocycles. The van der Waals surface area contributed by atoms with Crippen LogP contribution in [0, 0.1) is 0 Å². The van der Waals surface area contributed by atoms with E-state index in [9.17, 15) is 14.4 Å². The topological polar surface area (TPSA) is 107 Å². The molecule has 3 heterocycles. The zero-order valence-electron chi connectivity index (χ0n) is 17.3. The summed E-state index contributed by atoms with van der Waals surface area (Å²) in [4.78, 5) is 47.7. The van der Waals surface area contributed by atoms with Crippen molar-refractivity contribution >= 4 is 52.5 Å². The number of hydrogen-bond acceptors (Lipinski definition) is 5. The third-order valence-corrected chi connectivity index (χ3v) is 6.71. The van der Waals surface area contributed by atoms with E-state index < -0.39 is 23.3 Å². The molecule has 1 atom stereocenters. The van der Waals surface area contributed by atoms with Gasteiger partial charge >= 0.3 is 0 Å². The molecule has 0 fully saturated rings. The minimum Gasteiger partial charge on any atom is -0.338 e. The molecule has 0 aliphatic carbocycles. The molecule has 2 aromatic carbocycles. The van der Waals surface area contributed by atoms with Crippen molar-refractivity contribution in [1.29, 1.82) is 0 Å². The zero-order chi connectivity index (χ0) is 23.1. The van der Waals surface area contributed by atoms with Gasteiger partial charge in [0, 0.05) is 19.5 Å². The van der Waals surface area contributed by atoms with Crippen molar-refractivity contribution in [2.45, 2.75) is 25.3 Å². The molecule has 33 heavy (non-hydrogen) atoms. The Morgan fingerprint density at radius 3 is 2.70 bits per heavy atom. The smallest absolute Gasteiger partial charge is 0.258 e. The number of aromatic nitrogens is 2. The van der Waals surface area contributed by atoms with E-state index in [2.05, 4.69) is 26.7 Å². The van der Waals surface area contributed by atoms with Crippen LogP contribution in [0.2, 0.25) is 10.0 Å².